The normalized spacial score (nSPS) is 10.5. The summed E-state index contributed by atoms with van der Waals surface area (Å²) in [5.74, 6) is 0.477. The average molecular weight is 490 g/mol. The standard InChI is InChI=1S/C26H23N3O3S2/c1-18-10-12-19(13-11-18)23-16-34-26(28-23)29-25(31)17-33-22-9-5-6-20(14-22)27-24(30)15-32-21-7-3-2-4-8-21/h2-14,16H,15,17H2,1H3,(H,27,30)(H,28,29,31). The number of benzene rings is 3. The summed E-state index contributed by atoms with van der Waals surface area (Å²) in [4.78, 5) is 30.0. The van der Waals surface area contributed by atoms with Gasteiger partial charge in [0.2, 0.25) is 5.91 Å². The number of aryl methyl sites for hydroxylation is 1. The van der Waals surface area contributed by atoms with Crippen LogP contribution in [-0.2, 0) is 9.59 Å². The zero-order chi connectivity index (χ0) is 23.8. The zero-order valence-electron chi connectivity index (χ0n) is 18.5. The highest BCUT2D eigenvalue weighted by molar-refractivity contribution is 8.00. The molecule has 0 bridgehead atoms. The molecule has 4 rings (SSSR count). The lowest BCUT2D eigenvalue weighted by Gasteiger charge is -2.09. The zero-order valence-corrected chi connectivity index (χ0v) is 20.1. The molecule has 1 aromatic heterocycles. The summed E-state index contributed by atoms with van der Waals surface area (Å²) < 4.78 is 5.47. The van der Waals surface area contributed by atoms with Crippen molar-refractivity contribution in [2.75, 3.05) is 23.0 Å². The van der Waals surface area contributed by atoms with Gasteiger partial charge >= 0.3 is 0 Å². The Hall–Kier alpha value is -3.62. The molecular formula is C26H23N3O3S2. The van der Waals surface area contributed by atoms with E-state index >= 15 is 0 Å². The van der Waals surface area contributed by atoms with E-state index in [1.807, 2.05) is 73.0 Å². The van der Waals surface area contributed by atoms with E-state index in [9.17, 15) is 9.59 Å². The maximum atomic E-state index is 12.4. The number of carbonyl (C=O) groups is 2. The van der Waals surface area contributed by atoms with Gasteiger partial charge < -0.3 is 15.4 Å². The fourth-order valence-electron chi connectivity index (χ4n) is 3.02. The molecule has 2 amide bonds. The number of carbonyl (C=O) groups excluding carboxylic acids is 2. The Morgan fingerprint density at radius 3 is 2.53 bits per heavy atom. The number of hydrogen-bond donors (Lipinski definition) is 2. The first kappa shape index (κ1) is 23.5. The minimum Gasteiger partial charge on any atom is -0.484 e. The van der Waals surface area contributed by atoms with Gasteiger partial charge in [0.15, 0.2) is 11.7 Å². The number of anilines is 2. The van der Waals surface area contributed by atoms with Gasteiger partial charge in [-0.05, 0) is 37.3 Å². The maximum Gasteiger partial charge on any atom is 0.262 e. The second kappa shape index (κ2) is 11.5. The Bertz CT molecular complexity index is 1260. The number of thioether (sulfide) groups is 1. The van der Waals surface area contributed by atoms with Gasteiger partial charge in [0.25, 0.3) is 5.91 Å². The van der Waals surface area contributed by atoms with Crippen molar-refractivity contribution >= 4 is 45.7 Å². The van der Waals surface area contributed by atoms with Crippen LogP contribution in [0.5, 0.6) is 5.75 Å². The SMILES string of the molecule is Cc1ccc(-c2csc(NC(=O)CSc3cccc(NC(=O)COc4ccccc4)c3)n2)cc1. The lowest BCUT2D eigenvalue weighted by Crippen LogP contribution is -2.20. The molecule has 8 heteroatoms. The third-order valence-electron chi connectivity index (χ3n) is 4.70. The fourth-order valence-corrected chi connectivity index (χ4v) is 4.51. The Kier molecular flexibility index (Phi) is 7.95. The molecule has 0 atom stereocenters. The van der Waals surface area contributed by atoms with E-state index in [-0.39, 0.29) is 24.2 Å². The monoisotopic (exact) mass is 489 g/mol. The second-order valence-corrected chi connectivity index (χ2v) is 9.33. The highest BCUT2D eigenvalue weighted by Gasteiger charge is 2.10. The number of ether oxygens (including phenoxy) is 1. The molecule has 0 aliphatic rings. The predicted molar refractivity (Wildman–Crippen MR) is 139 cm³/mol. The minimum atomic E-state index is -0.253. The van der Waals surface area contributed by atoms with Crippen LogP contribution >= 0.6 is 23.1 Å². The molecule has 0 spiro atoms. The van der Waals surface area contributed by atoms with Crippen LogP contribution in [0.1, 0.15) is 5.56 Å². The summed E-state index contributed by atoms with van der Waals surface area (Å²) in [5, 5.41) is 8.17. The molecule has 0 radical (unpaired) electrons. The number of para-hydroxylation sites is 1. The molecule has 1 heterocycles. The van der Waals surface area contributed by atoms with Gasteiger partial charge in [-0.1, -0.05) is 54.1 Å². The Labute approximate surface area is 206 Å². The number of amides is 2. The van der Waals surface area contributed by atoms with Crippen molar-refractivity contribution in [3.63, 3.8) is 0 Å². The van der Waals surface area contributed by atoms with Crippen LogP contribution in [0.2, 0.25) is 0 Å². The van der Waals surface area contributed by atoms with Crippen LogP contribution < -0.4 is 15.4 Å². The molecule has 4 aromatic rings. The summed E-state index contributed by atoms with van der Waals surface area (Å²) in [6.07, 6.45) is 0. The molecule has 3 aromatic carbocycles. The predicted octanol–water partition coefficient (Wildman–Crippen LogP) is 5.87. The highest BCUT2D eigenvalue weighted by Crippen LogP contribution is 2.26. The molecule has 0 aliphatic heterocycles. The van der Waals surface area contributed by atoms with Crippen molar-refractivity contribution in [1.82, 2.24) is 4.98 Å². The van der Waals surface area contributed by atoms with Crippen molar-refractivity contribution in [2.45, 2.75) is 11.8 Å². The Morgan fingerprint density at radius 1 is 0.941 bits per heavy atom. The Balaban J connectivity index is 1.25. The van der Waals surface area contributed by atoms with Gasteiger partial charge in [-0.25, -0.2) is 4.98 Å². The van der Waals surface area contributed by atoms with Gasteiger partial charge in [-0.3, -0.25) is 9.59 Å². The van der Waals surface area contributed by atoms with E-state index in [1.165, 1.54) is 28.7 Å². The van der Waals surface area contributed by atoms with Crippen molar-refractivity contribution < 1.29 is 14.3 Å². The number of nitrogens with one attached hydrogen (secondary N) is 2. The molecule has 0 aliphatic carbocycles. The first-order valence-electron chi connectivity index (χ1n) is 10.6. The smallest absolute Gasteiger partial charge is 0.262 e. The largest absolute Gasteiger partial charge is 0.484 e. The molecule has 172 valence electrons. The third-order valence-corrected chi connectivity index (χ3v) is 6.45. The summed E-state index contributed by atoms with van der Waals surface area (Å²) in [5.41, 5.74) is 3.70. The van der Waals surface area contributed by atoms with Gasteiger partial charge in [0.1, 0.15) is 5.75 Å². The first-order chi connectivity index (χ1) is 16.5. The van der Waals surface area contributed by atoms with E-state index in [1.54, 1.807) is 18.2 Å². The number of nitrogens with zero attached hydrogens (tertiary/aromatic N) is 1. The Morgan fingerprint density at radius 2 is 1.74 bits per heavy atom. The molecule has 6 nitrogen and oxygen atoms in total. The molecule has 34 heavy (non-hydrogen) atoms. The highest BCUT2D eigenvalue weighted by atomic mass is 32.2. The van der Waals surface area contributed by atoms with Crippen LogP contribution in [0, 0.1) is 6.92 Å². The van der Waals surface area contributed by atoms with Gasteiger partial charge in [0, 0.05) is 21.5 Å². The number of aromatic nitrogens is 1. The summed E-state index contributed by atoms with van der Waals surface area (Å²) in [7, 11) is 0. The maximum absolute atomic E-state index is 12.4. The van der Waals surface area contributed by atoms with E-state index < -0.39 is 0 Å². The van der Waals surface area contributed by atoms with Crippen molar-refractivity contribution in [3.05, 3.63) is 89.8 Å². The van der Waals surface area contributed by atoms with Crippen LogP contribution in [-0.4, -0.2) is 29.2 Å². The molecular weight excluding hydrogens is 466 g/mol. The van der Waals surface area contributed by atoms with E-state index in [0.717, 1.165) is 16.2 Å². The number of thiazole rings is 1. The van der Waals surface area contributed by atoms with Crippen LogP contribution in [0.4, 0.5) is 10.8 Å². The second-order valence-electron chi connectivity index (χ2n) is 7.42. The van der Waals surface area contributed by atoms with Gasteiger partial charge in [-0.15, -0.1) is 23.1 Å². The summed E-state index contributed by atoms with van der Waals surface area (Å²) in [6, 6.07) is 24.7. The lowest BCUT2D eigenvalue weighted by molar-refractivity contribution is -0.118. The number of hydrogen-bond acceptors (Lipinski definition) is 6. The van der Waals surface area contributed by atoms with Gasteiger partial charge in [-0.2, -0.15) is 0 Å². The molecule has 0 fully saturated rings. The molecule has 0 saturated carbocycles. The van der Waals surface area contributed by atoms with E-state index in [4.69, 9.17) is 4.74 Å². The topological polar surface area (TPSA) is 80.3 Å². The average Bonchev–Trinajstić information content (AvgIpc) is 3.31. The lowest BCUT2D eigenvalue weighted by atomic mass is 10.1. The number of rotatable bonds is 9. The van der Waals surface area contributed by atoms with E-state index in [0.29, 0.717) is 16.6 Å². The minimum absolute atomic E-state index is 0.0812. The first-order valence-corrected chi connectivity index (χ1v) is 12.4. The van der Waals surface area contributed by atoms with Gasteiger partial charge in [0.05, 0.1) is 11.4 Å². The van der Waals surface area contributed by atoms with Crippen LogP contribution in [0.15, 0.2) is 89.1 Å². The summed E-state index contributed by atoms with van der Waals surface area (Å²) >= 11 is 2.79. The summed E-state index contributed by atoms with van der Waals surface area (Å²) in [6.45, 7) is 1.96. The fraction of sp³-hybridized carbons (Fsp3) is 0.115. The molecule has 0 unspecified atom stereocenters. The van der Waals surface area contributed by atoms with Crippen LogP contribution in [0.3, 0.4) is 0 Å². The third kappa shape index (κ3) is 6.94. The molecule has 0 saturated heterocycles. The van der Waals surface area contributed by atoms with Crippen LogP contribution in [0.25, 0.3) is 11.3 Å². The van der Waals surface area contributed by atoms with Crippen molar-refractivity contribution in [3.8, 4) is 17.0 Å². The van der Waals surface area contributed by atoms with Crippen molar-refractivity contribution in [1.29, 1.82) is 0 Å². The quantitative estimate of drug-likeness (QED) is 0.288. The molecule has 2 N–H and O–H groups in total. The van der Waals surface area contributed by atoms with E-state index in [2.05, 4.69) is 15.6 Å². The van der Waals surface area contributed by atoms with Crippen molar-refractivity contribution in [2.24, 2.45) is 0 Å².